The number of fused-ring (bicyclic) bond motifs is 1. The number of hydrogen-bond acceptors (Lipinski definition) is 5. The summed E-state index contributed by atoms with van der Waals surface area (Å²) < 4.78 is 16.0. The highest BCUT2D eigenvalue weighted by Crippen LogP contribution is 2.15. The zero-order valence-corrected chi connectivity index (χ0v) is 16.5. The van der Waals surface area contributed by atoms with Crippen LogP contribution in [0.4, 0.5) is 10.1 Å². The summed E-state index contributed by atoms with van der Waals surface area (Å²) in [4.78, 5) is 31.2. The molecule has 0 N–H and O–H groups in total. The molecule has 0 radical (unpaired) electrons. The minimum Gasteiger partial charge on any atom is -0.314 e. The minimum absolute atomic E-state index is 0.0555. The predicted molar refractivity (Wildman–Crippen MR) is 110 cm³/mol. The summed E-state index contributed by atoms with van der Waals surface area (Å²) in [5, 5.41) is 7.88. The van der Waals surface area contributed by atoms with Crippen LogP contribution in [0.5, 0.6) is 0 Å². The van der Waals surface area contributed by atoms with Gasteiger partial charge in [0.2, 0.25) is 5.91 Å². The molecule has 2 heterocycles. The zero-order valence-electron chi connectivity index (χ0n) is 16.5. The maximum atomic E-state index is 13.4. The van der Waals surface area contributed by atoms with Crippen molar-refractivity contribution in [3.8, 4) is 0 Å². The lowest BCUT2D eigenvalue weighted by molar-refractivity contribution is -0.118. The first kappa shape index (κ1) is 19.4. The van der Waals surface area contributed by atoms with E-state index in [0.29, 0.717) is 5.56 Å². The number of likely N-dealkylation sites (N-methyl/N-ethyl adjacent to an activating group) is 1. The van der Waals surface area contributed by atoms with E-state index < -0.39 is 5.56 Å². The van der Waals surface area contributed by atoms with Crippen molar-refractivity contribution in [3.63, 3.8) is 0 Å². The van der Waals surface area contributed by atoms with Crippen molar-refractivity contribution in [2.24, 2.45) is 0 Å². The fraction of sp³-hybridized carbons (Fsp3) is 0.190. The highest BCUT2D eigenvalue weighted by atomic mass is 19.1. The van der Waals surface area contributed by atoms with Crippen LogP contribution in [0, 0.1) is 12.7 Å². The Hall–Kier alpha value is -3.88. The average molecular weight is 406 g/mol. The van der Waals surface area contributed by atoms with E-state index in [-0.39, 0.29) is 36.0 Å². The van der Waals surface area contributed by atoms with Gasteiger partial charge in [-0.2, -0.15) is 0 Å². The number of hydrogen-bond donors (Lipinski definition) is 0. The van der Waals surface area contributed by atoms with E-state index >= 15 is 0 Å². The third-order valence-electron chi connectivity index (χ3n) is 4.78. The molecule has 4 aromatic rings. The Labute approximate surface area is 171 Å². The Kier molecular flexibility index (Phi) is 5.09. The van der Waals surface area contributed by atoms with Crippen LogP contribution in [-0.2, 0) is 17.9 Å². The number of aryl methyl sites for hydroxylation is 1. The molecule has 0 fully saturated rings. The summed E-state index contributed by atoms with van der Waals surface area (Å²) in [6, 6.07) is 13.6. The standard InChI is InChI=1S/C21H19FN6O2/c1-14-5-3-8-17(9-14)26(2)18(29)12-27-13-23-20-19(21(27)30)24-25-28(20)11-15-6-4-7-16(22)10-15/h3-10,13H,11-12H2,1-2H3. The molecule has 30 heavy (non-hydrogen) atoms. The molecule has 0 spiro atoms. The van der Waals surface area contributed by atoms with E-state index in [1.165, 1.54) is 32.6 Å². The number of rotatable bonds is 5. The molecular weight excluding hydrogens is 387 g/mol. The molecule has 0 bridgehead atoms. The van der Waals surface area contributed by atoms with Gasteiger partial charge < -0.3 is 4.90 Å². The van der Waals surface area contributed by atoms with Crippen molar-refractivity contribution >= 4 is 22.8 Å². The second-order valence-corrected chi connectivity index (χ2v) is 7.02. The molecule has 2 aromatic heterocycles. The fourth-order valence-corrected chi connectivity index (χ4v) is 3.15. The van der Waals surface area contributed by atoms with Crippen LogP contribution in [0.15, 0.2) is 59.7 Å². The van der Waals surface area contributed by atoms with Crippen LogP contribution in [-0.4, -0.2) is 37.5 Å². The number of anilines is 1. The molecule has 0 aliphatic rings. The van der Waals surface area contributed by atoms with Crippen LogP contribution >= 0.6 is 0 Å². The quantitative estimate of drug-likeness (QED) is 0.507. The number of benzene rings is 2. The van der Waals surface area contributed by atoms with E-state index in [1.807, 2.05) is 31.2 Å². The molecule has 0 saturated carbocycles. The van der Waals surface area contributed by atoms with Gasteiger partial charge in [0, 0.05) is 12.7 Å². The van der Waals surface area contributed by atoms with E-state index in [0.717, 1.165) is 11.3 Å². The van der Waals surface area contributed by atoms with E-state index in [2.05, 4.69) is 15.3 Å². The lowest BCUT2D eigenvalue weighted by Crippen LogP contribution is -2.34. The van der Waals surface area contributed by atoms with Gasteiger partial charge in [-0.1, -0.05) is 29.5 Å². The van der Waals surface area contributed by atoms with Gasteiger partial charge in [0.1, 0.15) is 18.7 Å². The maximum absolute atomic E-state index is 13.4. The molecule has 0 aliphatic heterocycles. The normalized spacial score (nSPS) is 11.0. The average Bonchev–Trinajstić information content (AvgIpc) is 3.13. The van der Waals surface area contributed by atoms with Crippen LogP contribution < -0.4 is 10.5 Å². The van der Waals surface area contributed by atoms with Crippen molar-refractivity contribution < 1.29 is 9.18 Å². The van der Waals surface area contributed by atoms with Crippen molar-refractivity contribution in [2.45, 2.75) is 20.0 Å². The second-order valence-electron chi connectivity index (χ2n) is 7.02. The van der Waals surface area contributed by atoms with Crippen molar-refractivity contribution in [1.82, 2.24) is 24.5 Å². The number of nitrogens with zero attached hydrogens (tertiary/aromatic N) is 6. The predicted octanol–water partition coefficient (Wildman–Crippen LogP) is 2.15. The first-order valence-corrected chi connectivity index (χ1v) is 9.28. The van der Waals surface area contributed by atoms with Crippen molar-refractivity contribution in [1.29, 1.82) is 0 Å². The number of halogens is 1. The van der Waals surface area contributed by atoms with Gasteiger partial charge in [-0.25, -0.2) is 14.1 Å². The van der Waals surface area contributed by atoms with Gasteiger partial charge in [0.25, 0.3) is 5.56 Å². The van der Waals surface area contributed by atoms with Crippen LogP contribution in [0.2, 0.25) is 0 Å². The van der Waals surface area contributed by atoms with Crippen LogP contribution in [0.3, 0.4) is 0 Å². The molecule has 152 valence electrons. The SMILES string of the molecule is Cc1cccc(N(C)C(=O)Cn2cnc3c(nnn3Cc3cccc(F)c3)c2=O)c1. The lowest BCUT2D eigenvalue weighted by atomic mass is 10.2. The summed E-state index contributed by atoms with van der Waals surface area (Å²) in [5.74, 6) is -0.625. The first-order chi connectivity index (χ1) is 14.4. The number of aromatic nitrogens is 5. The molecule has 1 amide bonds. The van der Waals surface area contributed by atoms with Gasteiger partial charge in [-0.15, -0.1) is 5.10 Å². The topological polar surface area (TPSA) is 85.9 Å². The Bertz CT molecular complexity index is 1300. The number of amides is 1. The zero-order chi connectivity index (χ0) is 21.3. The summed E-state index contributed by atoms with van der Waals surface area (Å²) in [7, 11) is 1.66. The molecule has 9 heteroatoms. The summed E-state index contributed by atoms with van der Waals surface area (Å²) in [6.45, 7) is 1.99. The summed E-state index contributed by atoms with van der Waals surface area (Å²) >= 11 is 0. The molecule has 0 atom stereocenters. The third kappa shape index (κ3) is 3.82. The maximum Gasteiger partial charge on any atom is 0.283 e. The molecule has 2 aromatic carbocycles. The van der Waals surface area contributed by atoms with E-state index in [4.69, 9.17) is 0 Å². The highest BCUT2D eigenvalue weighted by Gasteiger charge is 2.17. The number of carbonyl (C=O) groups excluding carboxylic acids is 1. The van der Waals surface area contributed by atoms with Crippen molar-refractivity contribution in [2.75, 3.05) is 11.9 Å². The Balaban J connectivity index is 1.58. The van der Waals surface area contributed by atoms with Gasteiger partial charge in [-0.05, 0) is 42.3 Å². The largest absolute Gasteiger partial charge is 0.314 e. The van der Waals surface area contributed by atoms with Gasteiger partial charge in [0.15, 0.2) is 11.2 Å². The molecule has 4 rings (SSSR count). The monoisotopic (exact) mass is 406 g/mol. The Morgan fingerprint density at radius 1 is 1.17 bits per heavy atom. The lowest BCUT2D eigenvalue weighted by Gasteiger charge is -2.18. The van der Waals surface area contributed by atoms with Crippen LogP contribution in [0.25, 0.3) is 11.2 Å². The van der Waals surface area contributed by atoms with E-state index in [9.17, 15) is 14.0 Å². The van der Waals surface area contributed by atoms with Gasteiger partial charge in [0.05, 0.1) is 6.54 Å². The van der Waals surface area contributed by atoms with Crippen LogP contribution in [0.1, 0.15) is 11.1 Å². The summed E-state index contributed by atoms with van der Waals surface area (Å²) in [6.07, 6.45) is 1.30. The Morgan fingerprint density at radius 2 is 1.97 bits per heavy atom. The fourth-order valence-electron chi connectivity index (χ4n) is 3.15. The van der Waals surface area contributed by atoms with Crippen molar-refractivity contribution in [3.05, 3.63) is 82.2 Å². The molecule has 0 unspecified atom stereocenters. The van der Waals surface area contributed by atoms with E-state index in [1.54, 1.807) is 19.2 Å². The Morgan fingerprint density at radius 3 is 2.73 bits per heavy atom. The molecule has 0 saturated heterocycles. The van der Waals surface area contributed by atoms with Gasteiger partial charge >= 0.3 is 0 Å². The third-order valence-corrected chi connectivity index (χ3v) is 4.78. The minimum atomic E-state index is -0.462. The second kappa shape index (κ2) is 7.86. The molecule has 8 nitrogen and oxygen atoms in total. The molecule has 0 aliphatic carbocycles. The number of carbonyl (C=O) groups is 1. The first-order valence-electron chi connectivity index (χ1n) is 9.28. The smallest absolute Gasteiger partial charge is 0.283 e. The van der Waals surface area contributed by atoms with Gasteiger partial charge in [-0.3, -0.25) is 14.2 Å². The highest BCUT2D eigenvalue weighted by molar-refractivity contribution is 5.92. The molecular formula is C21H19FN6O2. The summed E-state index contributed by atoms with van der Waals surface area (Å²) in [5.41, 5.74) is 2.31.